The van der Waals surface area contributed by atoms with Gasteiger partial charge in [0.2, 0.25) is 6.79 Å². The first kappa shape index (κ1) is 18.4. The van der Waals surface area contributed by atoms with E-state index in [1.54, 1.807) is 6.07 Å². The molecule has 2 aromatic carbocycles. The Balaban J connectivity index is 1.33. The fourth-order valence-corrected chi connectivity index (χ4v) is 4.36. The molecular formula is C23H18N2O4S. The lowest BCUT2D eigenvalue weighted by molar-refractivity contribution is 0.0997. The molecule has 7 heteroatoms. The van der Waals surface area contributed by atoms with E-state index in [-0.39, 0.29) is 18.5 Å². The number of aromatic nitrogens is 1. The van der Waals surface area contributed by atoms with Gasteiger partial charge in [-0.15, -0.1) is 11.3 Å². The Morgan fingerprint density at radius 3 is 2.80 bits per heavy atom. The number of benzene rings is 2. The minimum Gasteiger partial charge on any atom is -0.459 e. The molecule has 1 amide bonds. The van der Waals surface area contributed by atoms with Crippen LogP contribution in [0.2, 0.25) is 0 Å². The van der Waals surface area contributed by atoms with Gasteiger partial charge in [-0.25, -0.2) is 4.98 Å². The molecule has 1 aliphatic rings. The van der Waals surface area contributed by atoms with Crippen LogP contribution in [-0.4, -0.2) is 17.7 Å². The number of furan rings is 1. The van der Waals surface area contributed by atoms with Crippen LogP contribution in [0.5, 0.6) is 11.5 Å². The highest BCUT2D eigenvalue weighted by Crippen LogP contribution is 2.34. The number of nitrogens with zero attached hydrogens (tertiary/aromatic N) is 1. The number of hydrogen-bond acceptors (Lipinski definition) is 6. The zero-order valence-electron chi connectivity index (χ0n) is 16.2. The Bertz CT molecular complexity index is 1210. The lowest BCUT2D eigenvalue weighted by Gasteiger charge is -2.03. The summed E-state index contributed by atoms with van der Waals surface area (Å²) in [5.41, 5.74) is 3.66. The third kappa shape index (κ3) is 3.55. The molecule has 4 aromatic rings. The van der Waals surface area contributed by atoms with Crippen LogP contribution in [0.25, 0.3) is 11.1 Å². The fourth-order valence-electron chi connectivity index (χ4n) is 3.37. The van der Waals surface area contributed by atoms with E-state index in [4.69, 9.17) is 13.9 Å². The van der Waals surface area contributed by atoms with Gasteiger partial charge in [0, 0.05) is 16.9 Å². The number of thiazole rings is 1. The maximum absolute atomic E-state index is 12.8. The smallest absolute Gasteiger partial charge is 0.293 e. The Morgan fingerprint density at radius 1 is 1.10 bits per heavy atom. The number of ether oxygens (including phenoxy) is 2. The quantitative estimate of drug-likeness (QED) is 0.477. The fraction of sp³-hybridized carbons (Fsp3) is 0.130. The van der Waals surface area contributed by atoms with Crippen LogP contribution < -0.4 is 14.8 Å². The molecule has 1 aliphatic heterocycles. The van der Waals surface area contributed by atoms with Crippen LogP contribution >= 0.6 is 11.3 Å². The molecule has 150 valence electrons. The summed E-state index contributed by atoms with van der Waals surface area (Å²) in [6.07, 6.45) is 2.22. The summed E-state index contributed by atoms with van der Waals surface area (Å²) in [5, 5.41) is 3.42. The van der Waals surface area contributed by atoms with Crippen molar-refractivity contribution in [1.82, 2.24) is 4.98 Å². The van der Waals surface area contributed by atoms with Crippen LogP contribution in [0.3, 0.4) is 0 Å². The Morgan fingerprint density at radius 2 is 1.93 bits per heavy atom. The van der Waals surface area contributed by atoms with Gasteiger partial charge in [0.25, 0.3) is 5.91 Å². The average molecular weight is 418 g/mol. The van der Waals surface area contributed by atoms with Crippen molar-refractivity contribution < 1.29 is 18.7 Å². The predicted molar refractivity (Wildman–Crippen MR) is 114 cm³/mol. The van der Waals surface area contributed by atoms with Crippen LogP contribution in [0, 0.1) is 6.92 Å². The third-order valence-electron chi connectivity index (χ3n) is 4.87. The molecule has 0 bridgehead atoms. The van der Waals surface area contributed by atoms with Crippen molar-refractivity contribution in [2.45, 2.75) is 13.3 Å². The molecule has 0 atom stereocenters. The molecule has 0 saturated heterocycles. The topological polar surface area (TPSA) is 73.6 Å². The summed E-state index contributed by atoms with van der Waals surface area (Å²) in [7, 11) is 0. The summed E-state index contributed by atoms with van der Waals surface area (Å²) in [4.78, 5) is 18.4. The number of fused-ring (bicyclic) bond motifs is 1. The van der Waals surface area contributed by atoms with Crippen LogP contribution in [-0.2, 0) is 6.42 Å². The second-order valence-corrected chi connectivity index (χ2v) is 7.96. The number of carbonyl (C=O) groups is 1. The number of anilines is 1. The average Bonchev–Trinajstić information content (AvgIpc) is 3.49. The highest BCUT2D eigenvalue weighted by Gasteiger charge is 2.19. The highest BCUT2D eigenvalue weighted by molar-refractivity contribution is 7.15. The van der Waals surface area contributed by atoms with Crippen LogP contribution in [0.15, 0.2) is 65.3 Å². The van der Waals surface area contributed by atoms with Gasteiger partial charge in [-0.3, -0.25) is 10.1 Å². The van der Waals surface area contributed by atoms with Crippen molar-refractivity contribution in [2.24, 2.45) is 0 Å². The maximum atomic E-state index is 12.8. The molecule has 3 heterocycles. The zero-order valence-corrected chi connectivity index (χ0v) is 17.0. The summed E-state index contributed by atoms with van der Waals surface area (Å²) >= 11 is 1.46. The van der Waals surface area contributed by atoms with Crippen molar-refractivity contribution in [3.63, 3.8) is 0 Å². The van der Waals surface area contributed by atoms with Gasteiger partial charge < -0.3 is 13.9 Å². The van der Waals surface area contributed by atoms with Crippen molar-refractivity contribution in [1.29, 1.82) is 0 Å². The van der Waals surface area contributed by atoms with Gasteiger partial charge >= 0.3 is 0 Å². The predicted octanol–water partition coefficient (Wildman–Crippen LogP) is 5.28. The van der Waals surface area contributed by atoms with E-state index < -0.39 is 0 Å². The van der Waals surface area contributed by atoms with Crippen LogP contribution in [0.4, 0.5) is 5.13 Å². The van der Waals surface area contributed by atoms with Crippen LogP contribution in [0.1, 0.15) is 26.7 Å². The minimum absolute atomic E-state index is 0.256. The minimum atomic E-state index is -0.317. The SMILES string of the molecule is Cc1nc(NC(=O)c2occc2-c2ccccc2)sc1Cc1ccc2c(c1)OCO2. The van der Waals surface area contributed by atoms with E-state index >= 15 is 0 Å². The van der Waals surface area contributed by atoms with E-state index in [2.05, 4.69) is 10.3 Å². The lowest BCUT2D eigenvalue weighted by Crippen LogP contribution is -2.11. The standard InChI is InChI=1S/C23H18N2O4S/c1-14-20(12-15-7-8-18-19(11-15)29-13-28-18)30-23(24-14)25-22(26)21-17(9-10-27-21)16-5-3-2-4-6-16/h2-11H,12-13H2,1H3,(H,24,25,26). The monoisotopic (exact) mass is 418 g/mol. The molecule has 0 aliphatic carbocycles. The first-order chi connectivity index (χ1) is 14.7. The Kier molecular flexibility index (Phi) is 4.72. The molecule has 0 fully saturated rings. The van der Waals surface area contributed by atoms with Crippen molar-refractivity contribution >= 4 is 22.4 Å². The Labute approximate surface area is 177 Å². The molecule has 2 aromatic heterocycles. The van der Waals surface area contributed by atoms with Gasteiger partial charge in [-0.05, 0) is 36.2 Å². The number of hydrogen-bond donors (Lipinski definition) is 1. The van der Waals surface area contributed by atoms with Crippen molar-refractivity contribution in [2.75, 3.05) is 12.1 Å². The molecular weight excluding hydrogens is 400 g/mol. The van der Waals surface area contributed by atoms with E-state index in [0.29, 0.717) is 11.6 Å². The zero-order chi connectivity index (χ0) is 20.5. The summed E-state index contributed by atoms with van der Waals surface area (Å²) in [5.74, 6) is 1.48. The van der Waals surface area contributed by atoms with E-state index in [1.165, 1.54) is 17.6 Å². The molecule has 0 unspecified atom stereocenters. The van der Waals surface area contributed by atoms with Crippen molar-refractivity contribution in [3.8, 4) is 22.6 Å². The second-order valence-electron chi connectivity index (χ2n) is 6.88. The molecule has 0 radical (unpaired) electrons. The lowest BCUT2D eigenvalue weighted by atomic mass is 10.1. The molecule has 30 heavy (non-hydrogen) atoms. The second kappa shape index (κ2) is 7.68. The van der Waals surface area contributed by atoms with E-state index in [0.717, 1.165) is 38.8 Å². The Hall–Kier alpha value is -3.58. The third-order valence-corrected chi connectivity index (χ3v) is 5.94. The molecule has 1 N–H and O–H groups in total. The summed E-state index contributed by atoms with van der Waals surface area (Å²) < 4.78 is 16.3. The van der Waals surface area contributed by atoms with Gasteiger partial charge in [-0.2, -0.15) is 0 Å². The van der Waals surface area contributed by atoms with E-state index in [9.17, 15) is 4.79 Å². The van der Waals surface area contributed by atoms with Gasteiger partial charge in [0.05, 0.1) is 12.0 Å². The molecule has 6 nitrogen and oxygen atoms in total. The number of rotatable bonds is 5. The number of aryl methyl sites for hydroxylation is 1. The summed E-state index contributed by atoms with van der Waals surface area (Å²) in [6, 6.07) is 17.4. The van der Waals surface area contributed by atoms with Gasteiger partial charge in [0.1, 0.15) is 0 Å². The highest BCUT2D eigenvalue weighted by atomic mass is 32.1. The first-order valence-corrected chi connectivity index (χ1v) is 10.3. The van der Waals surface area contributed by atoms with Gasteiger partial charge in [0.15, 0.2) is 22.4 Å². The largest absolute Gasteiger partial charge is 0.459 e. The number of amides is 1. The van der Waals surface area contributed by atoms with Gasteiger partial charge in [-0.1, -0.05) is 36.4 Å². The number of nitrogens with one attached hydrogen (secondary N) is 1. The van der Waals surface area contributed by atoms with E-state index in [1.807, 2.05) is 55.5 Å². The molecule has 0 spiro atoms. The normalized spacial score (nSPS) is 12.2. The summed E-state index contributed by atoms with van der Waals surface area (Å²) in [6.45, 7) is 2.20. The molecule has 0 saturated carbocycles. The van der Waals surface area contributed by atoms with Crippen molar-refractivity contribution in [3.05, 3.63) is 82.8 Å². The maximum Gasteiger partial charge on any atom is 0.293 e. The number of carbonyl (C=O) groups excluding carboxylic acids is 1. The first-order valence-electron chi connectivity index (χ1n) is 9.46. The molecule has 5 rings (SSSR count).